The van der Waals surface area contributed by atoms with Gasteiger partial charge in [0.1, 0.15) is 46.0 Å². The van der Waals surface area contributed by atoms with Gasteiger partial charge in [0.15, 0.2) is 0 Å². The van der Waals surface area contributed by atoms with E-state index in [2.05, 4.69) is 285 Å². The van der Waals surface area contributed by atoms with Crippen LogP contribution in [0.15, 0.2) is 335 Å². The fourth-order valence-electron chi connectivity index (χ4n) is 19.1. The molecular weight excluding hydrogens is 1480 g/mol. The van der Waals surface area contributed by atoms with E-state index in [9.17, 15) is 0 Å². The number of nitrogens with zero attached hydrogens (tertiary/aromatic N) is 4. The zero-order valence-electron chi connectivity index (χ0n) is 65.9. The summed E-state index contributed by atoms with van der Waals surface area (Å²) >= 11 is 0. The summed E-state index contributed by atoms with van der Waals surface area (Å²) in [6, 6.07) is 112. The number of hydrogen-bond acceptors (Lipinski definition) is 9. The van der Waals surface area contributed by atoms with Crippen molar-refractivity contribution in [2.45, 2.75) is 19.6 Å². The second-order valence-electron chi connectivity index (χ2n) is 30.4. The lowest BCUT2D eigenvalue weighted by atomic mass is 9.96. The summed E-state index contributed by atoms with van der Waals surface area (Å²) in [5.41, 5.74) is 23.6. The maximum atomic E-state index is 19.6. The number of aromatic nitrogens is 4. The Morgan fingerprint density at radius 3 is 0.525 bits per heavy atom. The number of rotatable bonds is 16. The van der Waals surface area contributed by atoms with Gasteiger partial charge in [-0.05, 0) is 309 Å². The summed E-state index contributed by atoms with van der Waals surface area (Å²) < 4.78 is 75.4. The zero-order valence-corrected chi connectivity index (χ0v) is 66.7. The highest BCUT2D eigenvalue weighted by atomic mass is 32.3. The van der Waals surface area contributed by atoms with Gasteiger partial charge in [-0.15, -0.1) is 0 Å². The van der Waals surface area contributed by atoms with Gasteiger partial charge in [0.2, 0.25) is 0 Å². The van der Waals surface area contributed by atoms with Crippen molar-refractivity contribution >= 4 is 96.3 Å². The minimum atomic E-state index is -4.66. The average Bonchev–Trinajstić information content (AvgIpc) is 1.47. The van der Waals surface area contributed by atoms with Crippen LogP contribution >= 0.6 is 0 Å². The van der Waals surface area contributed by atoms with E-state index in [4.69, 9.17) is 37.9 Å². The van der Waals surface area contributed by atoms with Gasteiger partial charge in [-0.2, -0.15) is 0 Å². The molecule has 16 aromatic carbocycles. The van der Waals surface area contributed by atoms with Crippen molar-refractivity contribution in [3.05, 3.63) is 315 Å². The molecule has 6 heterocycles. The molecule has 0 aliphatic carbocycles. The molecule has 118 heavy (non-hydrogen) atoms. The maximum absolute atomic E-state index is 19.6. The molecule has 0 unspecified atom stereocenters. The quantitative estimate of drug-likeness (QED) is 0.0934. The first kappa shape index (κ1) is 69.9. The van der Waals surface area contributed by atoms with E-state index in [0.717, 1.165) is 242 Å². The maximum Gasteiger partial charge on any atom is 0.119 e. The van der Waals surface area contributed by atoms with E-state index in [1.165, 1.54) is 0 Å². The van der Waals surface area contributed by atoms with Crippen LogP contribution in [-0.2, 0) is 9.07 Å². The zero-order chi connectivity index (χ0) is 79.6. The molecule has 0 saturated heterocycles. The molecule has 14 heteroatoms. The third kappa shape index (κ3) is 10.1. The van der Waals surface area contributed by atoms with Gasteiger partial charge in [0.05, 0.1) is 101 Å². The van der Waals surface area contributed by atoms with Crippen LogP contribution in [0.4, 0.5) is 0 Å². The molecule has 4 aromatic heterocycles. The highest BCUT2D eigenvalue weighted by Crippen LogP contribution is 2.72. The molecule has 0 amide bonds. The first-order chi connectivity index (χ1) is 57.9. The molecule has 20 aromatic rings. The Morgan fingerprint density at radius 2 is 0.356 bits per heavy atom. The smallest absolute Gasteiger partial charge is 0.119 e. The third-order valence-electron chi connectivity index (χ3n) is 24.6. The largest absolute Gasteiger partial charge is 0.497 e. The van der Waals surface area contributed by atoms with E-state index >= 15 is 4.21 Å². The fourth-order valence-corrected chi connectivity index (χ4v) is 24.2. The summed E-state index contributed by atoms with van der Waals surface area (Å²) in [6.45, 7) is 0. The second-order valence-corrected chi connectivity index (χ2v) is 34.0. The lowest BCUT2D eigenvalue weighted by Gasteiger charge is -2.39. The van der Waals surface area contributed by atoms with Gasteiger partial charge >= 0.3 is 0 Å². The molecule has 22 rings (SSSR count). The molecule has 0 atom stereocenters. The van der Waals surface area contributed by atoms with Crippen molar-refractivity contribution in [3.8, 4) is 136 Å². The first-order valence-corrected chi connectivity index (χ1v) is 41.2. The number of fused-ring (bicyclic) bond motifs is 22. The molecule has 0 radical (unpaired) electrons. The summed E-state index contributed by atoms with van der Waals surface area (Å²) in [7, 11) is 8.96. The van der Waals surface area contributed by atoms with Crippen LogP contribution in [0.5, 0.6) is 46.0 Å². The molecule has 572 valence electrons. The molecule has 0 saturated carbocycles. The van der Waals surface area contributed by atoms with Crippen LogP contribution in [-0.4, -0.2) is 79.4 Å². The van der Waals surface area contributed by atoms with Gasteiger partial charge in [-0.3, -0.25) is 4.21 Å². The van der Waals surface area contributed by atoms with E-state index < -0.39 is 9.07 Å². The van der Waals surface area contributed by atoms with E-state index in [0.29, 0.717) is 0 Å². The van der Waals surface area contributed by atoms with Crippen molar-refractivity contribution in [1.82, 2.24) is 18.3 Å². The van der Waals surface area contributed by atoms with E-state index in [1.54, 1.807) is 56.9 Å². The number of hydrogen-bond donors (Lipinski definition) is 0. The Morgan fingerprint density at radius 1 is 0.186 bits per heavy atom. The van der Waals surface area contributed by atoms with E-state index in [-0.39, 0.29) is 0 Å². The third-order valence-corrected chi connectivity index (χ3v) is 29.4. The van der Waals surface area contributed by atoms with Crippen molar-refractivity contribution in [1.29, 1.82) is 0 Å². The SMILES string of the molecule is COc1ccc2c(c1)c1cc(OC)ccc1n2-c1cccc(-c2ccc3c(c2)-c2cc(-c4cccc(-n5c6ccc(OC)cc6c6cc(OC)ccc65)c4)ccc2S32(=O)c3ccc(-c4cccc(-n5c6ccc(OC)cc6c6cc(OC)ccc65)c4)cc3-c3cc(-c4cccc(-n5c6ccc(OC)cc6c6cc(OC)ccc65)c4)ccc32)c1. The van der Waals surface area contributed by atoms with Crippen molar-refractivity contribution in [3.63, 3.8) is 0 Å². The number of methoxy groups -OCH3 is 8. The number of benzene rings is 16. The van der Waals surface area contributed by atoms with Gasteiger partial charge in [0, 0.05) is 94.5 Å². The predicted octanol–water partition coefficient (Wildman–Crippen LogP) is 25.1. The first-order valence-electron chi connectivity index (χ1n) is 39.2. The molecular formula is C104H76N4O9S. The molecule has 0 N–H and O–H groups in total. The summed E-state index contributed by atoms with van der Waals surface area (Å²) in [4.78, 5) is 3.01. The van der Waals surface area contributed by atoms with Crippen molar-refractivity contribution in [2.75, 3.05) is 56.9 Å². The second kappa shape index (κ2) is 26.4. The van der Waals surface area contributed by atoms with Gasteiger partial charge in [-0.25, -0.2) is 0 Å². The minimum Gasteiger partial charge on any atom is -0.497 e. The highest BCUT2D eigenvalue weighted by molar-refractivity contribution is 8.21. The van der Waals surface area contributed by atoms with Crippen LogP contribution < -0.4 is 37.9 Å². The van der Waals surface area contributed by atoms with Crippen LogP contribution in [0.3, 0.4) is 0 Å². The number of ether oxygens (including phenoxy) is 8. The van der Waals surface area contributed by atoms with Crippen LogP contribution in [0.25, 0.3) is 177 Å². The summed E-state index contributed by atoms with van der Waals surface area (Å²) in [5.74, 6) is 6.14. The average molecular weight is 1560 g/mol. The topological polar surface area (TPSA) is 111 Å². The molecule has 0 fully saturated rings. The standard InChI is InChI=1S/C104H76N4O9S/c1-110-73-25-33-93-81(53-73)82-54-74(111-2)26-34-94(82)105(93)69-17-9-13-61(45-69)65-21-41-101-89(49-65)90-50-66(62-14-10-18-70(46-62)106-95-35-27-75(112-3)55-83(95)84-56-76(113-4)28-36-96(84)106)22-42-102(90)118(101,109)103-43-23-67(63-15-11-19-71(47-63)107-97-37-29-77(114-5)57-85(97)86-58-78(115-6)30-38-98(86)107)51-91(103)92-52-68(24-44-104(92)118)64-16-12-20-72(48-64)108-99-39-31-79(116-7)59-87(99)88-60-80(117-8)32-40-100(88)108/h9-60H,1-8H3. The molecule has 0 bridgehead atoms. The Balaban J connectivity index is 0.767. The Bertz CT molecular complexity index is 6630. The van der Waals surface area contributed by atoms with Crippen LogP contribution in [0, 0.1) is 0 Å². The fraction of sp³-hybridized carbons (Fsp3) is 0.0769. The Hall–Kier alpha value is -14.7. The van der Waals surface area contributed by atoms with Crippen molar-refractivity contribution in [2.24, 2.45) is 0 Å². The van der Waals surface area contributed by atoms with Gasteiger partial charge in [0.25, 0.3) is 0 Å². The summed E-state index contributed by atoms with van der Waals surface area (Å²) in [6.07, 6.45) is 0. The van der Waals surface area contributed by atoms with Crippen LogP contribution in [0.1, 0.15) is 0 Å². The normalized spacial score (nSPS) is 13.3. The predicted molar refractivity (Wildman–Crippen MR) is 476 cm³/mol. The Labute approximate surface area is 679 Å². The monoisotopic (exact) mass is 1560 g/mol. The van der Waals surface area contributed by atoms with Gasteiger partial charge in [-0.1, -0.05) is 72.8 Å². The molecule has 2 aliphatic rings. The summed E-state index contributed by atoms with van der Waals surface area (Å²) in [5, 5.41) is 8.37. The van der Waals surface area contributed by atoms with E-state index in [1.807, 2.05) is 48.5 Å². The molecule has 2 aliphatic heterocycles. The lowest BCUT2D eigenvalue weighted by Crippen LogP contribution is -2.30. The lowest BCUT2D eigenvalue weighted by molar-refractivity contribution is 0.415. The minimum absolute atomic E-state index is 0.753. The van der Waals surface area contributed by atoms with Crippen LogP contribution in [0.2, 0.25) is 0 Å². The van der Waals surface area contributed by atoms with Crippen molar-refractivity contribution < 1.29 is 42.1 Å². The highest BCUT2D eigenvalue weighted by Gasteiger charge is 2.58. The molecule has 13 nitrogen and oxygen atoms in total. The molecule has 1 spiro atoms. The van der Waals surface area contributed by atoms with Gasteiger partial charge < -0.3 is 56.2 Å². The Kier molecular flexibility index (Phi) is 15.7.